The molecular weight excluding hydrogens is 1830 g/mol. The van der Waals surface area contributed by atoms with Crippen molar-refractivity contribution in [1.29, 1.82) is 0 Å². The monoisotopic (exact) mass is 1930 g/mol. The molecule has 0 unspecified atom stereocenters. The van der Waals surface area contributed by atoms with E-state index in [9.17, 15) is 26.3 Å². The van der Waals surface area contributed by atoms with Crippen molar-refractivity contribution in [3.8, 4) is 142 Å². The van der Waals surface area contributed by atoms with E-state index in [1.807, 2.05) is 97.1 Å². The highest BCUT2D eigenvalue weighted by atomic mass is 19.3. The quantitative estimate of drug-likeness (QED) is 0.0198. The number of piperidine rings is 1. The number of rotatable bonds is 24. The zero-order valence-corrected chi connectivity index (χ0v) is 79.2. The maximum absolute atomic E-state index is 13.3. The number of benzene rings is 10. The fourth-order valence-corrected chi connectivity index (χ4v) is 17.8. The molecule has 25 rings (SSSR count). The Kier molecular flexibility index (Phi) is 25.9. The minimum atomic E-state index is -3.65. The van der Waals surface area contributed by atoms with Gasteiger partial charge in [0.15, 0.2) is 52.1 Å². The van der Waals surface area contributed by atoms with Gasteiger partial charge in [0, 0.05) is 120 Å². The first-order valence-electron chi connectivity index (χ1n) is 48.2. The van der Waals surface area contributed by atoms with Crippen LogP contribution in [0.25, 0.3) is 168 Å². The lowest BCUT2D eigenvalue weighted by atomic mass is 9.83. The SMILES string of the molecule is CC(C)(C)c1nc(-c2ccc3[nH]nc(-c4cccc(OCCN5CCCCC5)c4)c3c2)n[nH]1.CC(C)Cc1nc(-c2ccc3[nH]nc(-c4ccc5c(c4)OC(F)(F)O5)c3c2)n[nH]1.CCCCCc1nc(-c2ccc3[nH]nc(-c4ccc(F)cc4)c3c2)n[nH]1.FC1(F)Oc2ccc(-c3n[nH]c4ccc(-c5n[nH]c(CC6CC6)n5)cc34)cc2O1.Fc1ccc(-c2n[nH]c3ccc(-c4n[nH]c(CC5CCC5)n4)cc23)cc1. The Morgan fingerprint density at radius 2 is 0.741 bits per heavy atom. The van der Waals surface area contributed by atoms with Gasteiger partial charge in [-0.3, -0.25) is 55.9 Å². The van der Waals surface area contributed by atoms with E-state index in [1.165, 1.54) is 126 Å². The molecule has 0 radical (unpaired) electrons. The summed E-state index contributed by atoms with van der Waals surface area (Å²) in [6.45, 7) is 16.8. The highest BCUT2D eigenvalue weighted by Gasteiger charge is 2.45. The number of hydrogen-bond acceptors (Lipinski definition) is 21. The van der Waals surface area contributed by atoms with Gasteiger partial charge in [-0.2, -0.15) is 51.0 Å². The third-order valence-corrected chi connectivity index (χ3v) is 25.7. The van der Waals surface area contributed by atoms with E-state index in [1.54, 1.807) is 36.4 Å². The summed E-state index contributed by atoms with van der Waals surface area (Å²) in [5.41, 5.74) is 16.7. The molecule has 10 aromatic carbocycles. The third-order valence-electron chi connectivity index (χ3n) is 25.7. The van der Waals surface area contributed by atoms with E-state index in [0.717, 1.165) is 201 Å². The number of nitrogens with one attached hydrogen (secondary N) is 10. The number of hydrogen-bond donors (Lipinski definition) is 10. The van der Waals surface area contributed by atoms with E-state index in [2.05, 4.69) is 205 Å². The van der Waals surface area contributed by atoms with Crippen molar-refractivity contribution in [3.63, 3.8) is 0 Å². The van der Waals surface area contributed by atoms with Crippen LogP contribution in [-0.4, -0.2) is 171 Å². The van der Waals surface area contributed by atoms with E-state index in [-0.39, 0.29) is 40.0 Å². The summed E-state index contributed by atoms with van der Waals surface area (Å²) in [5, 5.41) is 78.9. The number of halogens is 6. The molecular formula is C106H102F6N26O5. The second kappa shape index (κ2) is 39.8. The standard InChI is InChI=1S/C26H32N6O.C20H15F2N5O2.C20H17F2N5O2.C20H18FN5.C20H20FN5/c1-26(2,3)25-27-24(30-31-25)19-10-11-22-21(17-19)23(29-28-22)18-8-7-9-20(16-18)33-15-14-32-12-5-4-6-13-32;21-20(22)28-15-6-4-11(9-16(15)29-20)18-13-8-12(3-5-14(13)24-26-18)19-23-17(25-27-19)7-10-1-2-10;1-10(2)7-17-23-19(27-25-17)12-3-5-14-13(8-12)18(26-24-14)11-4-6-15-16(9-11)29-20(21,22)28-15;21-15-7-4-13(5-8-15)19-16-11-14(6-9-17(16)23-25-19)20-22-18(24-26-20)10-12-2-1-3-12;1-2-3-4-5-18-22-20(26-24-18)14-8-11-17-16(12-14)19(25-23-17)13-6-9-15(21)10-7-13/h7-11,16-17H,4-6,12-15H2,1-3H3,(H,28,29)(H,27,30,31);3-6,8-10H,1-2,7H2,(H,24,26)(H,23,25,27);3-6,8-10H,7H2,1-2H3,(H,24,26)(H,23,25,27);4-9,11-12H,1-3,10H2,(H,23,25)(H,22,24,26);6-12H,2-5H2,1H3,(H,23,25)(H,22,24,26). The Hall–Kier alpha value is -16.2. The smallest absolute Gasteiger partial charge is 0.492 e. The molecule has 0 spiro atoms. The summed E-state index contributed by atoms with van der Waals surface area (Å²) in [4.78, 5) is 25.6. The summed E-state index contributed by atoms with van der Waals surface area (Å²) in [6.07, 6.45) is 10.2. The van der Waals surface area contributed by atoms with Gasteiger partial charge in [-0.25, -0.2) is 33.7 Å². The summed E-state index contributed by atoms with van der Waals surface area (Å²) in [7, 11) is 0. The van der Waals surface area contributed by atoms with Gasteiger partial charge in [0.2, 0.25) is 0 Å². The molecule has 1 saturated heterocycles. The molecule has 13 heterocycles. The van der Waals surface area contributed by atoms with Crippen molar-refractivity contribution in [2.24, 2.45) is 17.8 Å². The van der Waals surface area contributed by atoms with Crippen LogP contribution in [0.2, 0.25) is 0 Å². The first-order valence-corrected chi connectivity index (χ1v) is 48.2. The molecule has 37 heteroatoms. The molecule has 20 aromatic rings. The van der Waals surface area contributed by atoms with Crippen LogP contribution in [0, 0.1) is 29.4 Å². The van der Waals surface area contributed by atoms with Crippen LogP contribution in [0.15, 0.2) is 200 Å². The molecule has 31 nitrogen and oxygen atoms in total. The lowest BCUT2D eigenvalue weighted by Crippen LogP contribution is -2.33. The van der Waals surface area contributed by atoms with Gasteiger partial charge in [0.05, 0.1) is 39.0 Å². The number of H-pyrrole nitrogens is 10. The Labute approximate surface area is 814 Å². The Bertz CT molecular complexity index is 7720. The van der Waals surface area contributed by atoms with Gasteiger partial charge in [-0.1, -0.05) is 92.2 Å². The number of likely N-dealkylation sites (tertiary alicyclic amines) is 1. The van der Waals surface area contributed by atoms with Crippen LogP contribution in [0.4, 0.5) is 26.3 Å². The third kappa shape index (κ3) is 21.3. The Morgan fingerprint density at radius 3 is 1.15 bits per heavy atom. The van der Waals surface area contributed by atoms with Gasteiger partial charge >= 0.3 is 12.6 Å². The number of fused-ring (bicyclic) bond motifs is 7. The van der Waals surface area contributed by atoms with Crippen molar-refractivity contribution in [1.82, 2.24) is 132 Å². The van der Waals surface area contributed by atoms with Gasteiger partial charge in [0.25, 0.3) is 0 Å². The zero-order chi connectivity index (χ0) is 98.0. The Morgan fingerprint density at radius 1 is 0.371 bits per heavy atom. The van der Waals surface area contributed by atoms with Crippen LogP contribution in [0.5, 0.6) is 28.7 Å². The zero-order valence-electron chi connectivity index (χ0n) is 79.2. The summed E-state index contributed by atoms with van der Waals surface area (Å²) in [5.74, 6) is 10.0. The van der Waals surface area contributed by atoms with E-state index >= 15 is 0 Å². The van der Waals surface area contributed by atoms with Crippen molar-refractivity contribution in [3.05, 3.63) is 241 Å². The van der Waals surface area contributed by atoms with Crippen molar-refractivity contribution in [2.45, 2.75) is 156 Å². The molecule has 3 fully saturated rings. The summed E-state index contributed by atoms with van der Waals surface area (Å²) >= 11 is 0. The molecule has 3 aliphatic heterocycles. The molecule has 0 amide bonds. The Balaban J connectivity index is 0.000000106. The largest absolute Gasteiger partial charge is 0.586 e. The fourth-order valence-electron chi connectivity index (χ4n) is 17.8. The number of aromatic amines is 10. The maximum Gasteiger partial charge on any atom is 0.586 e. The second-order valence-electron chi connectivity index (χ2n) is 38.0. The molecule has 2 saturated carbocycles. The normalized spacial score (nSPS) is 14.7. The molecule has 728 valence electrons. The molecule has 0 atom stereocenters. The number of aromatic nitrogens is 25. The van der Waals surface area contributed by atoms with E-state index in [4.69, 9.17) is 9.72 Å². The number of ether oxygens (including phenoxy) is 5. The fraction of sp³-hybridized carbons (Fsp3) is 0.292. The average molecular weight is 1930 g/mol. The minimum Gasteiger partial charge on any atom is -0.492 e. The van der Waals surface area contributed by atoms with Gasteiger partial charge < -0.3 is 23.7 Å². The number of alkyl halides is 4. The molecule has 0 bridgehead atoms. The highest BCUT2D eigenvalue weighted by Crippen LogP contribution is 2.47. The topological polar surface area (TPSA) is 401 Å². The number of aryl methyl sites for hydroxylation is 1. The maximum atomic E-state index is 13.3. The first-order chi connectivity index (χ1) is 69.4. The first kappa shape index (κ1) is 93.1. The molecule has 10 aromatic heterocycles. The summed E-state index contributed by atoms with van der Waals surface area (Å²) < 4.78 is 104. The molecule has 143 heavy (non-hydrogen) atoms. The molecule has 5 aliphatic rings. The van der Waals surface area contributed by atoms with E-state index in [0.29, 0.717) is 64.2 Å². The van der Waals surface area contributed by atoms with Crippen LogP contribution in [0.3, 0.4) is 0 Å². The van der Waals surface area contributed by atoms with Gasteiger partial charge in [-0.05, 0) is 251 Å². The van der Waals surface area contributed by atoms with Crippen LogP contribution >= 0.6 is 0 Å². The lowest BCUT2D eigenvalue weighted by molar-refractivity contribution is -0.287. The molecule has 2 aliphatic carbocycles. The van der Waals surface area contributed by atoms with Crippen LogP contribution < -0.4 is 23.7 Å². The van der Waals surface area contributed by atoms with E-state index < -0.39 is 12.6 Å². The minimum absolute atomic E-state index is 0.00214. The predicted octanol–water partition coefficient (Wildman–Crippen LogP) is 23.4. The van der Waals surface area contributed by atoms with Crippen LogP contribution in [-0.2, 0) is 31.1 Å². The predicted molar refractivity (Wildman–Crippen MR) is 531 cm³/mol. The van der Waals surface area contributed by atoms with Gasteiger partial charge in [0.1, 0.15) is 70.2 Å². The van der Waals surface area contributed by atoms with Gasteiger partial charge in [-0.15, -0.1) is 17.6 Å². The lowest BCUT2D eigenvalue weighted by Gasteiger charge is -2.26. The number of unbranched alkanes of at least 4 members (excludes halogenated alkanes) is 2. The van der Waals surface area contributed by atoms with Crippen molar-refractivity contribution in [2.75, 3.05) is 26.2 Å². The van der Waals surface area contributed by atoms with Crippen molar-refractivity contribution >= 4 is 54.5 Å². The average Bonchev–Trinajstić information content (AvgIpc) is 1.64. The van der Waals surface area contributed by atoms with Crippen LogP contribution in [0.1, 0.15) is 141 Å². The molecule has 10 N–H and O–H groups in total. The summed E-state index contributed by atoms with van der Waals surface area (Å²) in [6, 6.07) is 59.8. The highest BCUT2D eigenvalue weighted by molar-refractivity contribution is 6.00. The second-order valence-corrected chi connectivity index (χ2v) is 38.0. The number of nitrogens with zero attached hydrogens (tertiary/aromatic N) is 16. The van der Waals surface area contributed by atoms with Crippen molar-refractivity contribution < 1.29 is 50.0 Å².